The second-order valence-corrected chi connectivity index (χ2v) is 6.56. The van der Waals surface area contributed by atoms with Crippen LogP contribution in [0.2, 0.25) is 0 Å². The summed E-state index contributed by atoms with van der Waals surface area (Å²) >= 11 is 0. The molecule has 0 saturated carbocycles. The highest BCUT2D eigenvalue weighted by Gasteiger charge is 2.29. The van der Waals surface area contributed by atoms with Gasteiger partial charge in [0.15, 0.2) is 0 Å². The Morgan fingerprint density at radius 2 is 1.55 bits per heavy atom. The second kappa shape index (κ2) is 9.22. The Kier molecular flexibility index (Phi) is 6.04. The summed E-state index contributed by atoms with van der Waals surface area (Å²) in [5.41, 5.74) is 4.75. The van der Waals surface area contributed by atoms with Crippen molar-refractivity contribution in [2.75, 3.05) is 23.1 Å². The maximum atomic E-state index is 13.8. The molecule has 0 bridgehead atoms. The number of hydrogen-bond acceptors (Lipinski definition) is 6. The predicted octanol–water partition coefficient (Wildman–Crippen LogP) is 3.32. The van der Waals surface area contributed by atoms with Crippen molar-refractivity contribution in [1.29, 1.82) is 0 Å². The lowest BCUT2D eigenvalue weighted by molar-refractivity contribution is 0.0776. The summed E-state index contributed by atoms with van der Waals surface area (Å²) in [5, 5.41) is 1.42. The molecule has 0 radical (unpaired) electrons. The molecule has 0 spiro atoms. The number of anilines is 3. The van der Waals surface area contributed by atoms with Gasteiger partial charge in [-0.25, -0.2) is 20.2 Å². The maximum Gasteiger partial charge on any atom is 0.350 e. The van der Waals surface area contributed by atoms with Gasteiger partial charge in [-0.05, 0) is 43.2 Å². The molecule has 1 N–H and O–H groups in total. The molecule has 2 amide bonds. The van der Waals surface area contributed by atoms with Gasteiger partial charge >= 0.3 is 6.03 Å². The zero-order valence-electron chi connectivity index (χ0n) is 15.9. The zero-order valence-corrected chi connectivity index (χ0v) is 15.9. The summed E-state index contributed by atoms with van der Waals surface area (Å²) in [5.74, 6) is 0.291. The number of ether oxygens (including phenoxy) is 1. The number of nitrogens with zero attached hydrogens (tertiary/aromatic N) is 5. The van der Waals surface area contributed by atoms with Gasteiger partial charge in [0, 0.05) is 44.0 Å². The van der Waals surface area contributed by atoms with Gasteiger partial charge in [0.1, 0.15) is 0 Å². The van der Waals surface area contributed by atoms with Crippen LogP contribution in [0.15, 0.2) is 73.3 Å². The molecule has 8 nitrogen and oxygen atoms in total. The van der Waals surface area contributed by atoms with Crippen LogP contribution >= 0.6 is 0 Å². The lowest BCUT2D eigenvalue weighted by Crippen LogP contribution is -2.54. The first-order valence-electron chi connectivity index (χ1n) is 9.53. The highest BCUT2D eigenvalue weighted by atomic mass is 16.5. The van der Waals surface area contributed by atoms with Gasteiger partial charge < -0.3 is 4.74 Å². The van der Waals surface area contributed by atoms with Crippen molar-refractivity contribution in [3.05, 3.63) is 73.3 Å². The van der Waals surface area contributed by atoms with Gasteiger partial charge in [-0.1, -0.05) is 18.2 Å². The van der Waals surface area contributed by atoms with Crippen molar-refractivity contribution in [3.63, 3.8) is 0 Å². The first-order chi connectivity index (χ1) is 14.3. The van der Waals surface area contributed by atoms with E-state index >= 15 is 0 Å². The third-order valence-electron chi connectivity index (χ3n) is 4.60. The molecule has 1 aliphatic rings. The van der Waals surface area contributed by atoms with Crippen LogP contribution in [0.3, 0.4) is 0 Å². The van der Waals surface area contributed by atoms with Crippen LogP contribution in [0.4, 0.5) is 22.1 Å². The number of hydrazine groups is 1. The van der Waals surface area contributed by atoms with Crippen LogP contribution in [-0.4, -0.2) is 40.2 Å². The minimum absolute atomic E-state index is 0.0894. The van der Waals surface area contributed by atoms with Crippen molar-refractivity contribution in [1.82, 2.24) is 20.4 Å². The molecule has 0 unspecified atom stereocenters. The number of aromatic nitrogens is 3. The minimum Gasteiger partial charge on any atom is -0.381 e. The molecule has 1 aromatic carbocycles. The van der Waals surface area contributed by atoms with Gasteiger partial charge in [-0.2, -0.15) is 5.01 Å². The topological polar surface area (TPSA) is 83.5 Å². The van der Waals surface area contributed by atoms with Gasteiger partial charge in [0.25, 0.3) is 0 Å². The minimum atomic E-state index is -0.305. The molecule has 0 aliphatic carbocycles. The van der Waals surface area contributed by atoms with E-state index in [1.54, 1.807) is 47.9 Å². The predicted molar refractivity (Wildman–Crippen MR) is 110 cm³/mol. The smallest absolute Gasteiger partial charge is 0.350 e. The van der Waals surface area contributed by atoms with Crippen LogP contribution in [0.1, 0.15) is 12.8 Å². The normalized spacial score (nSPS) is 14.3. The van der Waals surface area contributed by atoms with Gasteiger partial charge in [-0.15, -0.1) is 0 Å². The Balaban J connectivity index is 1.71. The van der Waals surface area contributed by atoms with Crippen LogP contribution < -0.4 is 15.3 Å². The number of nitrogens with one attached hydrogen (secondary N) is 1. The summed E-state index contributed by atoms with van der Waals surface area (Å²) in [6.45, 7) is 1.31. The van der Waals surface area contributed by atoms with E-state index in [1.165, 1.54) is 5.01 Å². The molecule has 3 heterocycles. The lowest BCUT2D eigenvalue weighted by Gasteiger charge is -2.33. The Bertz CT molecular complexity index is 865. The molecule has 1 aliphatic heterocycles. The average molecular weight is 390 g/mol. The van der Waals surface area contributed by atoms with Gasteiger partial charge in [-0.3, -0.25) is 9.88 Å². The zero-order chi connectivity index (χ0) is 19.9. The molecular formula is C21H22N6O2. The fourth-order valence-electron chi connectivity index (χ4n) is 3.15. The number of benzene rings is 1. The lowest BCUT2D eigenvalue weighted by atomic mass is 10.1. The molecule has 29 heavy (non-hydrogen) atoms. The van der Waals surface area contributed by atoms with E-state index in [4.69, 9.17) is 4.74 Å². The first kappa shape index (κ1) is 19.0. The standard InChI is InChI=1S/C21H22N6O2/c28-21(26(18-5-2-1-3-6-18)19-7-13-22-14-8-19)27(20-23-11-4-12-24-20)25-17-9-15-29-16-10-17/h1-8,11-14,17,25H,9-10,15-16H2. The third-order valence-corrected chi connectivity index (χ3v) is 4.60. The number of para-hydroxylation sites is 1. The molecule has 1 fully saturated rings. The van der Waals surface area contributed by atoms with E-state index in [9.17, 15) is 4.79 Å². The van der Waals surface area contributed by atoms with Gasteiger partial charge in [0.05, 0.1) is 11.4 Å². The van der Waals surface area contributed by atoms with Crippen LogP contribution in [0.25, 0.3) is 0 Å². The van der Waals surface area contributed by atoms with Gasteiger partial charge in [0.2, 0.25) is 5.95 Å². The number of carbonyl (C=O) groups is 1. The van der Waals surface area contributed by atoms with Crippen molar-refractivity contribution in [3.8, 4) is 0 Å². The van der Waals surface area contributed by atoms with Crippen LogP contribution in [0, 0.1) is 0 Å². The van der Waals surface area contributed by atoms with E-state index in [0.29, 0.717) is 24.8 Å². The largest absolute Gasteiger partial charge is 0.381 e. The van der Waals surface area contributed by atoms with Crippen molar-refractivity contribution < 1.29 is 9.53 Å². The molecule has 0 atom stereocenters. The van der Waals surface area contributed by atoms with E-state index in [2.05, 4.69) is 20.4 Å². The number of urea groups is 1. The number of pyridine rings is 1. The summed E-state index contributed by atoms with van der Waals surface area (Å²) in [6.07, 6.45) is 8.16. The van der Waals surface area contributed by atoms with E-state index < -0.39 is 0 Å². The van der Waals surface area contributed by atoms with Crippen molar-refractivity contribution in [2.24, 2.45) is 0 Å². The molecule has 3 aromatic rings. The summed E-state index contributed by atoms with van der Waals surface area (Å²) in [7, 11) is 0. The van der Waals surface area contributed by atoms with E-state index in [-0.39, 0.29) is 12.1 Å². The highest BCUT2D eigenvalue weighted by Crippen LogP contribution is 2.27. The molecule has 1 saturated heterocycles. The fraction of sp³-hybridized carbons (Fsp3) is 0.238. The van der Waals surface area contributed by atoms with Crippen molar-refractivity contribution in [2.45, 2.75) is 18.9 Å². The van der Waals surface area contributed by atoms with Crippen molar-refractivity contribution >= 4 is 23.4 Å². The number of carbonyl (C=O) groups excluding carboxylic acids is 1. The van der Waals surface area contributed by atoms with Crippen LogP contribution in [0.5, 0.6) is 0 Å². The first-order valence-corrected chi connectivity index (χ1v) is 9.53. The fourth-order valence-corrected chi connectivity index (χ4v) is 3.15. The summed E-state index contributed by atoms with van der Waals surface area (Å²) in [6, 6.07) is 14.6. The average Bonchev–Trinajstić information content (AvgIpc) is 2.80. The Hall–Kier alpha value is -3.36. The van der Waals surface area contributed by atoms with E-state index in [0.717, 1.165) is 18.5 Å². The summed E-state index contributed by atoms with van der Waals surface area (Å²) < 4.78 is 5.44. The SMILES string of the molecule is O=C(N(NC1CCOCC1)c1ncccn1)N(c1ccccc1)c1ccncc1. The number of amides is 2. The quantitative estimate of drug-likeness (QED) is 0.673. The molecular weight excluding hydrogens is 368 g/mol. The maximum absolute atomic E-state index is 13.8. The second-order valence-electron chi connectivity index (χ2n) is 6.56. The monoisotopic (exact) mass is 390 g/mol. The Morgan fingerprint density at radius 3 is 2.24 bits per heavy atom. The number of rotatable bonds is 5. The Morgan fingerprint density at radius 1 is 0.897 bits per heavy atom. The highest BCUT2D eigenvalue weighted by molar-refractivity contribution is 6.07. The van der Waals surface area contributed by atoms with Crippen LogP contribution in [-0.2, 0) is 4.74 Å². The van der Waals surface area contributed by atoms with E-state index in [1.807, 2.05) is 30.3 Å². The number of hydrogen-bond donors (Lipinski definition) is 1. The Labute approximate surface area is 169 Å². The summed E-state index contributed by atoms with van der Waals surface area (Å²) in [4.78, 5) is 28.1. The molecule has 2 aromatic heterocycles. The molecule has 4 rings (SSSR count). The molecule has 148 valence electrons. The third kappa shape index (κ3) is 4.56. The molecule has 8 heteroatoms.